The Kier molecular flexibility index (Phi) is 5.19. The number of rotatable bonds is 7. The molecule has 1 unspecified atom stereocenters. The maximum Gasteiger partial charge on any atom is 0.303 e. The molecule has 6 heteroatoms. The lowest BCUT2D eigenvalue weighted by Gasteiger charge is -2.10. The lowest BCUT2D eigenvalue weighted by atomic mass is 10.0. The van der Waals surface area contributed by atoms with E-state index in [1.165, 1.54) is 12.4 Å². The van der Waals surface area contributed by atoms with E-state index in [4.69, 9.17) is 5.11 Å². The van der Waals surface area contributed by atoms with Crippen LogP contribution >= 0.6 is 0 Å². The van der Waals surface area contributed by atoms with Crippen LogP contribution in [0.3, 0.4) is 0 Å². The molecule has 1 rings (SSSR count). The topological polar surface area (TPSA) is 95.1 Å². The Labute approximate surface area is 99.1 Å². The number of anilines is 1. The normalized spacial score (nSPS) is 12.1. The molecule has 0 spiro atoms. The first kappa shape index (κ1) is 13.2. The minimum Gasteiger partial charge on any atom is -0.481 e. The van der Waals surface area contributed by atoms with Crippen molar-refractivity contribution in [3.63, 3.8) is 0 Å². The molecular weight excluding hydrogens is 222 g/mol. The number of aromatic nitrogens is 2. The summed E-state index contributed by atoms with van der Waals surface area (Å²) in [7, 11) is 0. The minimum absolute atomic E-state index is 0.193. The van der Waals surface area contributed by atoms with Crippen LogP contribution < -0.4 is 10.9 Å². The largest absolute Gasteiger partial charge is 0.481 e. The van der Waals surface area contributed by atoms with Crippen LogP contribution in [0.25, 0.3) is 0 Å². The SMILES string of the molecule is CC(CCNc1cc(=O)[nH]cn1)CCC(=O)O. The Morgan fingerprint density at radius 3 is 3.00 bits per heavy atom. The van der Waals surface area contributed by atoms with Crippen LogP contribution in [0.5, 0.6) is 0 Å². The van der Waals surface area contributed by atoms with E-state index >= 15 is 0 Å². The third-order valence-electron chi connectivity index (χ3n) is 2.47. The highest BCUT2D eigenvalue weighted by Crippen LogP contribution is 2.10. The van der Waals surface area contributed by atoms with Crippen molar-refractivity contribution in [2.75, 3.05) is 11.9 Å². The Morgan fingerprint density at radius 1 is 1.59 bits per heavy atom. The second-order valence-corrected chi connectivity index (χ2v) is 4.05. The Hall–Kier alpha value is -1.85. The molecule has 3 N–H and O–H groups in total. The van der Waals surface area contributed by atoms with Gasteiger partial charge in [0.2, 0.25) is 0 Å². The van der Waals surface area contributed by atoms with Gasteiger partial charge in [0.15, 0.2) is 0 Å². The van der Waals surface area contributed by atoms with E-state index in [1.807, 2.05) is 6.92 Å². The predicted molar refractivity (Wildman–Crippen MR) is 64.0 cm³/mol. The molecule has 0 aliphatic carbocycles. The van der Waals surface area contributed by atoms with Crippen LogP contribution in [0.1, 0.15) is 26.2 Å². The van der Waals surface area contributed by atoms with Crippen LogP contribution in [-0.4, -0.2) is 27.6 Å². The van der Waals surface area contributed by atoms with E-state index in [9.17, 15) is 9.59 Å². The van der Waals surface area contributed by atoms with E-state index in [-0.39, 0.29) is 12.0 Å². The fourth-order valence-corrected chi connectivity index (χ4v) is 1.43. The summed E-state index contributed by atoms with van der Waals surface area (Å²) in [5.74, 6) is 0.112. The molecule has 0 fully saturated rings. The number of aliphatic carboxylic acids is 1. The van der Waals surface area contributed by atoms with Crippen molar-refractivity contribution in [2.45, 2.75) is 26.2 Å². The van der Waals surface area contributed by atoms with Crippen molar-refractivity contribution in [1.82, 2.24) is 9.97 Å². The van der Waals surface area contributed by atoms with E-state index < -0.39 is 5.97 Å². The molecule has 0 aromatic carbocycles. The van der Waals surface area contributed by atoms with E-state index in [1.54, 1.807) is 0 Å². The average molecular weight is 239 g/mol. The number of carbonyl (C=O) groups is 1. The monoisotopic (exact) mass is 239 g/mol. The zero-order valence-electron chi connectivity index (χ0n) is 9.77. The molecule has 0 radical (unpaired) electrons. The lowest BCUT2D eigenvalue weighted by molar-refractivity contribution is -0.137. The molecule has 0 aliphatic rings. The molecule has 1 aromatic rings. The summed E-state index contributed by atoms with van der Waals surface area (Å²) < 4.78 is 0. The first-order chi connectivity index (χ1) is 8.08. The summed E-state index contributed by atoms with van der Waals surface area (Å²) >= 11 is 0. The van der Waals surface area contributed by atoms with Gasteiger partial charge in [-0.05, 0) is 18.8 Å². The Bertz CT molecular complexity index is 416. The number of carboxylic acid groups (broad SMARTS) is 1. The van der Waals surface area contributed by atoms with Crippen LogP contribution in [0.2, 0.25) is 0 Å². The van der Waals surface area contributed by atoms with E-state index in [2.05, 4.69) is 15.3 Å². The molecule has 0 amide bonds. The van der Waals surface area contributed by atoms with Crippen LogP contribution in [0, 0.1) is 5.92 Å². The van der Waals surface area contributed by atoms with Gasteiger partial charge in [0, 0.05) is 19.0 Å². The number of H-pyrrole nitrogens is 1. The fourth-order valence-electron chi connectivity index (χ4n) is 1.43. The Morgan fingerprint density at radius 2 is 2.35 bits per heavy atom. The minimum atomic E-state index is -0.763. The molecule has 0 aliphatic heterocycles. The second kappa shape index (κ2) is 6.67. The molecule has 0 saturated heterocycles. The smallest absolute Gasteiger partial charge is 0.303 e. The quantitative estimate of drug-likeness (QED) is 0.661. The summed E-state index contributed by atoms with van der Waals surface area (Å²) in [6.45, 7) is 2.69. The standard InChI is InChI=1S/C11H17N3O3/c1-8(2-3-11(16)17)4-5-12-9-6-10(15)14-7-13-9/h6-8H,2-5H2,1H3,(H,16,17)(H2,12,13,14,15). The third kappa shape index (κ3) is 5.70. The molecule has 1 atom stereocenters. The molecule has 0 saturated carbocycles. The van der Waals surface area contributed by atoms with Crippen molar-refractivity contribution in [2.24, 2.45) is 5.92 Å². The Balaban J connectivity index is 2.23. The van der Waals surface area contributed by atoms with Gasteiger partial charge in [0.1, 0.15) is 5.82 Å². The van der Waals surface area contributed by atoms with Gasteiger partial charge in [-0.2, -0.15) is 0 Å². The highest BCUT2D eigenvalue weighted by atomic mass is 16.4. The maximum absolute atomic E-state index is 11.0. The molecular formula is C11H17N3O3. The van der Waals surface area contributed by atoms with Crippen LogP contribution in [0.15, 0.2) is 17.2 Å². The van der Waals surface area contributed by atoms with Gasteiger partial charge in [-0.25, -0.2) is 4.98 Å². The van der Waals surface area contributed by atoms with E-state index in [0.717, 1.165) is 6.42 Å². The van der Waals surface area contributed by atoms with Crippen LogP contribution in [-0.2, 0) is 4.79 Å². The number of aromatic amines is 1. The summed E-state index contributed by atoms with van der Waals surface area (Å²) in [5.41, 5.74) is -0.193. The maximum atomic E-state index is 11.0. The number of hydrogen-bond acceptors (Lipinski definition) is 4. The van der Waals surface area contributed by atoms with Gasteiger partial charge in [-0.1, -0.05) is 6.92 Å². The number of hydrogen-bond donors (Lipinski definition) is 3. The zero-order chi connectivity index (χ0) is 12.7. The van der Waals surface area contributed by atoms with Gasteiger partial charge in [0.05, 0.1) is 6.33 Å². The zero-order valence-corrected chi connectivity index (χ0v) is 9.77. The van der Waals surface area contributed by atoms with Crippen LogP contribution in [0.4, 0.5) is 5.82 Å². The molecule has 0 bridgehead atoms. The average Bonchev–Trinajstić information content (AvgIpc) is 2.26. The van der Waals surface area contributed by atoms with Crippen molar-refractivity contribution in [3.05, 3.63) is 22.7 Å². The number of carboxylic acids is 1. The van der Waals surface area contributed by atoms with Gasteiger partial charge >= 0.3 is 5.97 Å². The summed E-state index contributed by atoms with van der Waals surface area (Å²) in [4.78, 5) is 27.7. The van der Waals surface area contributed by atoms with Crippen molar-refractivity contribution >= 4 is 11.8 Å². The van der Waals surface area contributed by atoms with Gasteiger partial charge in [-0.15, -0.1) is 0 Å². The first-order valence-corrected chi connectivity index (χ1v) is 5.58. The third-order valence-corrected chi connectivity index (χ3v) is 2.47. The number of nitrogens with one attached hydrogen (secondary N) is 2. The summed E-state index contributed by atoms with van der Waals surface area (Å²) in [6, 6.07) is 1.39. The molecule has 94 valence electrons. The summed E-state index contributed by atoms with van der Waals surface area (Å²) in [6.07, 6.45) is 3.06. The molecule has 1 heterocycles. The molecule has 1 aromatic heterocycles. The predicted octanol–water partition coefficient (Wildman–Crippen LogP) is 1.07. The first-order valence-electron chi connectivity index (χ1n) is 5.58. The highest BCUT2D eigenvalue weighted by Gasteiger charge is 2.05. The number of nitrogens with zero attached hydrogens (tertiary/aromatic N) is 1. The fraction of sp³-hybridized carbons (Fsp3) is 0.545. The van der Waals surface area contributed by atoms with Gasteiger partial charge in [0.25, 0.3) is 5.56 Å². The van der Waals surface area contributed by atoms with Crippen molar-refractivity contribution < 1.29 is 9.90 Å². The van der Waals surface area contributed by atoms with E-state index in [0.29, 0.717) is 24.7 Å². The molecule has 17 heavy (non-hydrogen) atoms. The van der Waals surface area contributed by atoms with Crippen molar-refractivity contribution in [3.8, 4) is 0 Å². The van der Waals surface area contributed by atoms with Gasteiger partial charge in [-0.3, -0.25) is 9.59 Å². The summed E-state index contributed by atoms with van der Waals surface area (Å²) in [5, 5.41) is 11.6. The second-order valence-electron chi connectivity index (χ2n) is 4.05. The highest BCUT2D eigenvalue weighted by molar-refractivity contribution is 5.66. The lowest BCUT2D eigenvalue weighted by Crippen LogP contribution is -2.12. The van der Waals surface area contributed by atoms with Crippen molar-refractivity contribution in [1.29, 1.82) is 0 Å². The molecule has 6 nitrogen and oxygen atoms in total. The van der Waals surface area contributed by atoms with Gasteiger partial charge < -0.3 is 15.4 Å².